The second-order valence-electron chi connectivity index (χ2n) is 2.65. The number of aromatic nitrogens is 2. The summed E-state index contributed by atoms with van der Waals surface area (Å²) in [5, 5.41) is 7.51. The molecule has 0 amide bonds. The van der Waals surface area contributed by atoms with Gasteiger partial charge in [-0.2, -0.15) is 5.10 Å². The van der Waals surface area contributed by atoms with Crippen LogP contribution in [-0.4, -0.2) is 16.5 Å². The Morgan fingerprint density at radius 3 is 3.00 bits per heavy atom. The molecular weight excluding hydrogens is 190 g/mol. The molecule has 0 aliphatic heterocycles. The molecule has 0 radical (unpaired) electrons. The summed E-state index contributed by atoms with van der Waals surface area (Å²) in [6, 6.07) is 3.27. The first-order chi connectivity index (χ1) is 6.22. The number of rotatable bonds is 1. The molecule has 13 heavy (non-hydrogen) atoms. The lowest BCUT2D eigenvalue weighted by atomic mass is 10.2. The number of hydrogen-bond donors (Lipinski definition) is 2. The molecule has 1 heterocycles. The van der Waals surface area contributed by atoms with Gasteiger partial charge in [-0.25, -0.2) is 0 Å². The van der Waals surface area contributed by atoms with Crippen molar-refractivity contribution in [1.82, 2.24) is 10.2 Å². The Morgan fingerprint density at radius 2 is 2.31 bits per heavy atom. The molecule has 4 nitrogen and oxygen atoms in total. The number of aldehydes is 1. The zero-order valence-corrected chi connectivity index (χ0v) is 7.30. The maximum atomic E-state index is 10.5. The van der Waals surface area contributed by atoms with Crippen LogP contribution in [-0.2, 0) is 0 Å². The summed E-state index contributed by atoms with van der Waals surface area (Å²) in [5.74, 6) is 0. The maximum Gasteiger partial charge on any atom is 0.170 e. The van der Waals surface area contributed by atoms with Gasteiger partial charge in [-0.1, -0.05) is 11.6 Å². The van der Waals surface area contributed by atoms with Crippen molar-refractivity contribution in [3.8, 4) is 0 Å². The molecule has 0 bridgehead atoms. The number of hydrogen-bond acceptors (Lipinski definition) is 3. The van der Waals surface area contributed by atoms with Crippen molar-refractivity contribution in [1.29, 1.82) is 0 Å². The lowest BCUT2D eigenvalue weighted by molar-refractivity contribution is 0.112. The van der Waals surface area contributed by atoms with E-state index in [0.717, 1.165) is 0 Å². The van der Waals surface area contributed by atoms with Gasteiger partial charge in [0.25, 0.3) is 0 Å². The van der Waals surface area contributed by atoms with E-state index in [-0.39, 0.29) is 0 Å². The fourth-order valence-electron chi connectivity index (χ4n) is 1.24. The van der Waals surface area contributed by atoms with E-state index in [1.165, 1.54) is 0 Å². The predicted molar refractivity (Wildman–Crippen MR) is 50.9 cm³/mol. The standard InChI is InChI=1S/C8H6ClN3O/c9-5-1-4(10)2-6-8(5)7(3-13)12-11-6/h1-3H,10H2,(H,11,12). The summed E-state index contributed by atoms with van der Waals surface area (Å²) in [5.41, 5.74) is 7.07. The molecule has 2 aromatic rings. The molecule has 5 heteroatoms. The van der Waals surface area contributed by atoms with Crippen molar-refractivity contribution in [3.05, 3.63) is 22.8 Å². The Hall–Kier alpha value is -1.55. The predicted octanol–water partition coefficient (Wildman–Crippen LogP) is 1.61. The normalized spacial score (nSPS) is 10.5. The van der Waals surface area contributed by atoms with E-state index in [1.807, 2.05) is 0 Å². The van der Waals surface area contributed by atoms with Crippen LogP contribution in [0.2, 0.25) is 5.02 Å². The molecule has 0 fully saturated rings. The molecule has 0 unspecified atom stereocenters. The van der Waals surface area contributed by atoms with Gasteiger partial charge in [0.2, 0.25) is 0 Å². The Morgan fingerprint density at radius 1 is 1.54 bits per heavy atom. The zero-order valence-electron chi connectivity index (χ0n) is 6.54. The van der Waals surface area contributed by atoms with Gasteiger partial charge in [-0.15, -0.1) is 0 Å². The number of benzene rings is 1. The molecule has 0 spiro atoms. The molecule has 1 aromatic carbocycles. The number of nitrogens with one attached hydrogen (secondary N) is 1. The number of nitrogens with two attached hydrogens (primary N) is 1. The van der Waals surface area contributed by atoms with E-state index in [2.05, 4.69) is 10.2 Å². The third kappa shape index (κ3) is 1.15. The molecule has 3 N–H and O–H groups in total. The molecule has 2 rings (SSSR count). The highest BCUT2D eigenvalue weighted by atomic mass is 35.5. The second-order valence-corrected chi connectivity index (χ2v) is 3.06. The number of carbonyl (C=O) groups excluding carboxylic acids is 1. The van der Waals surface area contributed by atoms with E-state index < -0.39 is 0 Å². The van der Waals surface area contributed by atoms with E-state index in [4.69, 9.17) is 17.3 Å². The largest absolute Gasteiger partial charge is 0.399 e. The molecular formula is C8H6ClN3O. The molecule has 0 saturated carbocycles. The van der Waals surface area contributed by atoms with Crippen LogP contribution in [0, 0.1) is 0 Å². The number of anilines is 1. The SMILES string of the molecule is Nc1cc(Cl)c2c(C=O)n[nH]c2c1. The third-order valence-corrected chi connectivity index (χ3v) is 2.08. The fourth-order valence-corrected chi connectivity index (χ4v) is 1.56. The molecule has 66 valence electrons. The van der Waals surface area contributed by atoms with E-state index in [9.17, 15) is 4.79 Å². The van der Waals surface area contributed by atoms with Gasteiger partial charge in [0.15, 0.2) is 6.29 Å². The molecule has 0 saturated heterocycles. The van der Waals surface area contributed by atoms with Crippen molar-refractivity contribution < 1.29 is 4.79 Å². The van der Waals surface area contributed by atoms with Gasteiger partial charge < -0.3 is 5.73 Å². The quantitative estimate of drug-likeness (QED) is 0.537. The lowest BCUT2D eigenvalue weighted by Crippen LogP contribution is -1.85. The minimum absolute atomic E-state index is 0.306. The molecule has 0 aliphatic rings. The van der Waals surface area contributed by atoms with Crippen molar-refractivity contribution in [2.45, 2.75) is 0 Å². The minimum Gasteiger partial charge on any atom is -0.399 e. The minimum atomic E-state index is 0.306. The van der Waals surface area contributed by atoms with Crippen LogP contribution in [0.1, 0.15) is 10.5 Å². The van der Waals surface area contributed by atoms with Crippen LogP contribution in [0.3, 0.4) is 0 Å². The highest BCUT2D eigenvalue weighted by Crippen LogP contribution is 2.26. The van der Waals surface area contributed by atoms with Crippen LogP contribution < -0.4 is 5.73 Å². The maximum absolute atomic E-state index is 10.5. The first-order valence-corrected chi connectivity index (χ1v) is 3.98. The van der Waals surface area contributed by atoms with Gasteiger partial charge in [-0.3, -0.25) is 9.89 Å². The highest BCUT2D eigenvalue weighted by molar-refractivity contribution is 6.36. The van der Waals surface area contributed by atoms with Crippen LogP contribution >= 0.6 is 11.6 Å². The molecule has 0 atom stereocenters. The van der Waals surface area contributed by atoms with Gasteiger partial charge in [-0.05, 0) is 12.1 Å². The lowest BCUT2D eigenvalue weighted by Gasteiger charge is -1.96. The molecule has 1 aromatic heterocycles. The molecule has 0 aliphatic carbocycles. The smallest absolute Gasteiger partial charge is 0.170 e. The Bertz CT molecular complexity index is 477. The van der Waals surface area contributed by atoms with Crippen LogP contribution in [0.15, 0.2) is 12.1 Å². The number of nitrogens with zero attached hydrogens (tertiary/aromatic N) is 1. The van der Waals surface area contributed by atoms with Crippen LogP contribution in [0.4, 0.5) is 5.69 Å². The summed E-state index contributed by atoms with van der Waals surface area (Å²) in [6.07, 6.45) is 0.654. The number of H-pyrrole nitrogens is 1. The highest BCUT2D eigenvalue weighted by Gasteiger charge is 2.08. The summed E-state index contributed by atoms with van der Waals surface area (Å²) in [6.45, 7) is 0. The zero-order chi connectivity index (χ0) is 9.42. The van der Waals surface area contributed by atoms with Gasteiger partial charge in [0.1, 0.15) is 5.69 Å². The summed E-state index contributed by atoms with van der Waals surface area (Å²) in [7, 11) is 0. The van der Waals surface area contributed by atoms with Crippen molar-refractivity contribution in [2.24, 2.45) is 0 Å². The third-order valence-electron chi connectivity index (χ3n) is 1.78. The second kappa shape index (κ2) is 2.74. The van der Waals surface area contributed by atoms with E-state index in [1.54, 1.807) is 12.1 Å². The number of aromatic amines is 1. The summed E-state index contributed by atoms with van der Waals surface area (Å²) >= 11 is 5.89. The Balaban J connectivity index is 2.89. The fraction of sp³-hybridized carbons (Fsp3) is 0. The van der Waals surface area contributed by atoms with Crippen molar-refractivity contribution >= 4 is 34.5 Å². The average molecular weight is 196 g/mol. The van der Waals surface area contributed by atoms with Gasteiger partial charge in [0.05, 0.1) is 10.5 Å². The first-order valence-electron chi connectivity index (χ1n) is 3.60. The number of fused-ring (bicyclic) bond motifs is 1. The average Bonchev–Trinajstić information content (AvgIpc) is 2.47. The van der Waals surface area contributed by atoms with Crippen LogP contribution in [0.5, 0.6) is 0 Å². The number of carbonyl (C=O) groups is 1. The number of nitrogen functional groups attached to an aromatic ring is 1. The topological polar surface area (TPSA) is 71.8 Å². The van der Waals surface area contributed by atoms with Gasteiger partial charge >= 0.3 is 0 Å². The van der Waals surface area contributed by atoms with Crippen molar-refractivity contribution in [2.75, 3.05) is 5.73 Å². The van der Waals surface area contributed by atoms with Crippen LogP contribution in [0.25, 0.3) is 10.9 Å². The van der Waals surface area contributed by atoms with Crippen molar-refractivity contribution in [3.63, 3.8) is 0 Å². The van der Waals surface area contributed by atoms with Gasteiger partial charge in [0, 0.05) is 11.1 Å². The Labute approximate surface area is 78.7 Å². The summed E-state index contributed by atoms with van der Waals surface area (Å²) in [4.78, 5) is 10.5. The number of halogens is 1. The van der Waals surface area contributed by atoms with E-state index in [0.29, 0.717) is 33.6 Å². The van der Waals surface area contributed by atoms with E-state index >= 15 is 0 Å². The monoisotopic (exact) mass is 195 g/mol. The summed E-state index contributed by atoms with van der Waals surface area (Å²) < 4.78 is 0. The Kier molecular flexibility index (Phi) is 1.70. The first kappa shape index (κ1) is 8.07.